The maximum atomic E-state index is 14.1. The fraction of sp³-hybridized carbons (Fsp3) is 0.385. The Balaban J connectivity index is 1.58. The number of fused-ring (bicyclic) bond motifs is 1. The Labute approximate surface area is 167 Å². The van der Waals surface area contributed by atoms with E-state index in [1.54, 1.807) is 12.1 Å². The summed E-state index contributed by atoms with van der Waals surface area (Å²) in [5, 5.41) is 2.21. The third kappa shape index (κ3) is 5.41. The van der Waals surface area contributed by atoms with Crippen molar-refractivity contribution in [3.8, 4) is 11.1 Å². The van der Waals surface area contributed by atoms with E-state index in [1.807, 2.05) is 18.2 Å². The molecule has 0 unspecified atom stereocenters. The largest absolute Gasteiger partial charge is 0.204 e. The Kier molecular flexibility index (Phi) is 7.59. The highest BCUT2D eigenvalue weighted by atomic mass is 19.2. The van der Waals surface area contributed by atoms with Gasteiger partial charge in [-0.3, -0.25) is 0 Å². The number of halogens is 2. The summed E-state index contributed by atoms with van der Waals surface area (Å²) in [7, 11) is 0. The maximum absolute atomic E-state index is 14.1. The molecule has 0 bridgehead atoms. The summed E-state index contributed by atoms with van der Waals surface area (Å²) in [5.74, 6) is -1.59. The molecule has 0 aliphatic rings. The maximum Gasteiger partial charge on any atom is 0.166 e. The van der Waals surface area contributed by atoms with E-state index >= 15 is 0 Å². The monoisotopic (exact) mass is 380 g/mol. The van der Waals surface area contributed by atoms with Gasteiger partial charge in [0.15, 0.2) is 11.6 Å². The Morgan fingerprint density at radius 3 is 2.14 bits per heavy atom. The Hall–Kier alpha value is -2.22. The molecule has 3 aromatic carbocycles. The van der Waals surface area contributed by atoms with Gasteiger partial charge in [0.1, 0.15) is 0 Å². The topological polar surface area (TPSA) is 0 Å². The summed E-state index contributed by atoms with van der Waals surface area (Å²) in [5.41, 5.74) is 2.37. The summed E-state index contributed by atoms with van der Waals surface area (Å²) < 4.78 is 27.6. The highest BCUT2D eigenvalue weighted by Crippen LogP contribution is 2.28. The first-order chi connectivity index (χ1) is 13.7. The second kappa shape index (κ2) is 10.4. The summed E-state index contributed by atoms with van der Waals surface area (Å²) in [4.78, 5) is 0. The van der Waals surface area contributed by atoms with Gasteiger partial charge in [0.05, 0.1) is 0 Å². The van der Waals surface area contributed by atoms with E-state index < -0.39 is 11.6 Å². The van der Waals surface area contributed by atoms with E-state index in [4.69, 9.17) is 0 Å². The van der Waals surface area contributed by atoms with Gasteiger partial charge in [-0.25, -0.2) is 8.78 Å². The molecule has 0 spiro atoms. The molecule has 0 aliphatic carbocycles. The second-order valence-electron chi connectivity index (χ2n) is 7.72. The first kappa shape index (κ1) is 20.5. The first-order valence-electron chi connectivity index (χ1n) is 10.7. The van der Waals surface area contributed by atoms with Gasteiger partial charge in [0, 0.05) is 5.56 Å². The van der Waals surface area contributed by atoms with E-state index in [2.05, 4.69) is 25.1 Å². The minimum atomic E-state index is -0.807. The predicted octanol–water partition coefficient (Wildman–Crippen LogP) is 8.47. The van der Waals surface area contributed by atoms with Gasteiger partial charge in [0.25, 0.3) is 0 Å². The van der Waals surface area contributed by atoms with Crippen molar-refractivity contribution in [2.45, 2.75) is 64.7 Å². The minimum absolute atomic E-state index is 0.310. The lowest BCUT2D eigenvalue weighted by Crippen LogP contribution is -1.90. The standard InChI is InChI=1S/C26H30F2/c1-2-3-4-5-6-7-8-9-11-20-14-15-22-19-23(17-16-21(22)18-20)24-12-10-13-25(27)26(24)28/h10,12-19H,2-9,11H2,1H3. The lowest BCUT2D eigenvalue weighted by atomic mass is 9.98. The summed E-state index contributed by atoms with van der Waals surface area (Å²) in [6.45, 7) is 2.25. The van der Waals surface area contributed by atoms with E-state index in [0.29, 0.717) is 11.1 Å². The van der Waals surface area contributed by atoms with Crippen LogP contribution in [0, 0.1) is 11.6 Å². The number of aryl methyl sites for hydroxylation is 1. The molecule has 0 aliphatic heterocycles. The Morgan fingerprint density at radius 2 is 1.36 bits per heavy atom. The SMILES string of the molecule is CCCCCCCCCCc1ccc2cc(-c3cccc(F)c3F)ccc2c1. The van der Waals surface area contributed by atoms with Crippen molar-refractivity contribution in [3.05, 3.63) is 71.8 Å². The van der Waals surface area contributed by atoms with Crippen LogP contribution in [0.1, 0.15) is 63.9 Å². The molecule has 0 fully saturated rings. The molecular formula is C26H30F2. The van der Waals surface area contributed by atoms with Crippen LogP contribution in [-0.4, -0.2) is 0 Å². The van der Waals surface area contributed by atoms with Crippen LogP contribution in [0.4, 0.5) is 8.78 Å². The van der Waals surface area contributed by atoms with Crippen LogP contribution in [0.25, 0.3) is 21.9 Å². The number of rotatable bonds is 10. The van der Waals surface area contributed by atoms with Crippen LogP contribution in [0.5, 0.6) is 0 Å². The minimum Gasteiger partial charge on any atom is -0.204 e. The van der Waals surface area contributed by atoms with Crippen LogP contribution in [0.2, 0.25) is 0 Å². The molecule has 0 aromatic heterocycles. The summed E-state index contributed by atoms with van der Waals surface area (Å²) in [6, 6.07) is 16.6. The van der Waals surface area contributed by atoms with Crippen molar-refractivity contribution in [1.82, 2.24) is 0 Å². The number of hydrogen-bond donors (Lipinski definition) is 0. The van der Waals surface area contributed by atoms with Gasteiger partial charge in [-0.05, 0) is 46.9 Å². The molecule has 28 heavy (non-hydrogen) atoms. The van der Waals surface area contributed by atoms with Crippen molar-refractivity contribution in [3.63, 3.8) is 0 Å². The first-order valence-corrected chi connectivity index (χ1v) is 10.7. The van der Waals surface area contributed by atoms with E-state index in [-0.39, 0.29) is 0 Å². The normalized spacial score (nSPS) is 11.2. The van der Waals surface area contributed by atoms with Crippen molar-refractivity contribution >= 4 is 10.8 Å². The fourth-order valence-electron chi connectivity index (χ4n) is 3.81. The number of unbranched alkanes of at least 4 members (excludes halogenated alkanes) is 7. The van der Waals surface area contributed by atoms with Gasteiger partial charge in [-0.1, -0.05) is 94.3 Å². The highest BCUT2D eigenvalue weighted by molar-refractivity contribution is 5.88. The van der Waals surface area contributed by atoms with Crippen LogP contribution in [-0.2, 0) is 6.42 Å². The van der Waals surface area contributed by atoms with Crippen molar-refractivity contribution in [2.75, 3.05) is 0 Å². The smallest absolute Gasteiger partial charge is 0.166 e. The van der Waals surface area contributed by atoms with Crippen LogP contribution < -0.4 is 0 Å². The van der Waals surface area contributed by atoms with Crippen molar-refractivity contribution < 1.29 is 8.78 Å². The zero-order valence-electron chi connectivity index (χ0n) is 16.8. The third-order valence-electron chi connectivity index (χ3n) is 5.49. The van der Waals surface area contributed by atoms with E-state index in [9.17, 15) is 8.78 Å². The highest BCUT2D eigenvalue weighted by Gasteiger charge is 2.10. The van der Waals surface area contributed by atoms with Crippen molar-refractivity contribution in [1.29, 1.82) is 0 Å². The van der Waals surface area contributed by atoms with Gasteiger partial charge in [-0.15, -0.1) is 0 Å². The lowest BCUT2D eigenvalue weighted by Gasteiger charge is -2.08. The molecule has 0 saturated heterocycles. The Morgan fingerprint density at radius 1 is 0.679 bits per heavy atom. The fourth-order valence-corrected chi connectivity index (χ4v) is 3.81. The third-order valence-corrected chi connectivity index (χ3v) is 5.49. The molecule has 0 saturated carbocycles. The molecule has 0 radical (unpaired) electrons. The average molecular weight is 381 g/mol. The average Bonchev–Trinajstić information content (AvgIpc) is 2.71. The summed E-state index contributed by atoms with van der Waals surface area (Å²) in [6.07, 6.45) is 11.7. The van der Waals surface area contributed by atoms with Gasteiger partial charge >= 0.3 is 0 Å². The lowest BCUT2D eigenvalue weighted by molar-refractivity contribution is 0.511. The predicted molar refractivity (Wildman–Crippen MR) is 116 cm³/mol. The van der Waals surface area contributed by atoms with Crippen LogP contribution >= 0.6 is 0 Å². The Bertz CT molecular complexity index is 898. The molecule has 0 N–H and O–H groups in total. The molecule has 0 nitrogen and oxygen atoms in total. The molecular weight excluding hydrogens is 350 g/mol. The van der Waals surface area contributed by atoms with E-state index in [0.717, 1.165) is 23.3 Å². The molecule has 148 valence electrons. The van der Waals surface area contributed by atoms with E-state index in [1.165, 1.54) is 56.9 Å². The molecule has 3 aromatic rings. The molecule has 0 atom stereocenters. The van der Waals surface area contributed by atoms with Gasteiger partial charge in [0.2, 0.25) is 0 Å². The van der Waals surface area contributed by atoms with Gasteiger partial charge < -0.3 is 0 Å². The summed E-state index contributed by atoms with van der Waals surface area (Å²) >= 11 is 0. The second-order valence-corrected chi connectivity index (χ2v) is 7.72. The van der Waals surface area contributed by atoms with Crippen LogP contribution in [0.3, 0.4) is 0 Å². The zero-order chi connectivity index (χ0) is 19.8. The van der Waals surface area contributed by atoms with Crippen LogP contribution in [0.15, 0.2) is 54.6 Å². The number of benzene rings is 3. The zero-order valence-corrected chi connectivity index (χ0v) is 16.8. The molecule has 0 amide bonds. The van der Waals surface area contributed by atoms with Gasteiger partial charge in [-0.2, -0.15) is 0 Å². The molecule has 2 heteroatoms. The molecule has 3 rings (SSSR count). The number of hydrogen-bond acceptors (Lipinski definition) is 0. The van der Waals surface area contributed by atoms with Crippen molar-refractivity contribution in [2.24, 2.45) is 0 Å². The molecule has 0 heterocycles. The quantitative estimate of drug-likeness (QED) is 0.309.